The normalized spacial score (nSPS) is 12.2. The monoisotopic (exact) mass is 244 g/mol. The number of aromatic nitrogens is 2. The molecule has 3 N–H and O–H groups in total. The second kappa shape index (κ2) is 5.57. The smallest absolute Gasteiger partial charge is 0.142 e. The van der Waals surface area contributed by atoms with Gasteiger partial charge in [-0.25, -0.2) is 5.43 Å². The third kappa shape index (κ3) is 2.47. The molecule has 2 aromatic rings. The number of nitrogens with zero attached hydrogens (tertiary/aromatic N) is 2. The molecule has 2 aromatic heterocycles. The minimum atomic E-state index is -0.291. The van der Waals surface area contributed by atoms with Crippen molar-refractivity contribution in [3.63, 3.8) is 0 Å². The summed E-state index contributed by atoms with van der Waals surface area (Å²) in [5.74, 6) is 6.31. The predicted molar refractivity (Wildman–Crippen MR) is 68.9 cm³/mol. The van der Waals surface area contributed by atoms with Gasteiger partial charge in [0, 0.05) is 12.4 Å². The first kappa shape index (κ1) is 12.5. The van der Waals surface area contributed by atoms with Gasteiger partial charge in [0.2, 0.25) is 0 Å². The summed E-state index contributed by atoms with van der Waals surface area (Å²) in [6.07, 6.45) is 3.46. The lowest BCUT2D eigenvalue weighted by atomic mass is 10.1. The third-order valence-corrected chi connectivity index (χ3v) is 2.69. The fraction of sp³-hybridized carbons (Fsp3) is 0.231. The van der Waals surface area contributed by atoms with Gasteiger partial charge >= 0.3 is 0 Å². The summed E-state index contributed by atoms with van der Waals surface area (Å²) < 4.78 is 5.29. The molecule has 0 aliphatic heterocycles. The average molecular weight is 244 g/mol. The van der Waals surface area contributed by atoms with Gasteiger partial charge < -0.3 is 4.74 Å². The molecule has 0 saturated heterocycles. The molecule has 5 heteroatoms. The molecule has 1 atom stereocenters. The lowest BCUT2D eigenvalue weighted by Crippen LogP contribution is -2.30. The van der Waals surface area contributed by atoms with Crippen LogP contribution in [0.3, 0.4) is 0 Å². The highest BCUT2D eigenvalue weighted by Gasteiger charge is 2.19. The second-order valence-electron chi connectivity index (χ2n) is 3.95. The highest BCUT2D eigenvalue weighted by atomic mass is 16.5. The summed E-state index contributed by atoms with van der Waals surface area (Å²) in [7, 11) is 1.61. The van der Waals surface area contributed by atoms with Crippen molar-refractivity contribution in [1.82, 2.24) is 15.4 Å². The first-order valence-corrected chi connectivity index (χ1v) is 5.64. The van der Waals surface area contributed by atoms with Gasteiger partial charge in [0.15, 0.2) is 0 Å². The Labute approximate surface area is 106 Å². The number of hydrazine groups is 1. The second-order valence-corrected chi connectivity index (χ2v) is 3.95. The van der Waals surface area contributed by atoms with Crippen LogP contribution in [0, 0.1) is 6.92 Å². The molecular formula is C13H16N4O. The van der Waals surface area contributed by atoms with E-state index in [1.807, 2.05) is 31.2 Å². The summed E-state index contributed by atoms with van der Waals surface area (Å²) in [6.45, 7) is 2.01. The maximum Gasteiger partial charge on any atom is 0.142 e. The Bertz CT molecular complexity index is 530. The lowest BCUT2D eigenvalue weighted by molar-refractivity contribution is 0.399. The lowest BCUT2D eigenvalue weighted by Gasteiger charge is -2.17. The minimum absolute atomic E-state index is 0.291. The number of hydrogen-bond acceptors (Lipinski definition) is 5. The van der Waals surface area contributed by atoms with Gasteiger partial charge in [0.1, 0.15) is 17.5 Å². The van der Waals surface area contributed by atoms with Crippen molar-refractivity contribution in [2.45, 2.75) is 13.0 Å². The predicted octanol–water partition coefficient (Wildman–Crippen LogP) is 1.35. The Kier molecular flexibility index (Phi) is 3.86. The largest absolute Gasteiger partial charge is 0.495 e. The van der Waals surface area contributed by atoms with Crippen molar-refractivity contribution in [2.24, 2.45) is 5.84 Å². The van der Waals surface area contributed by atoms with E-state index in [9.17, 15) is 0 Å². The third-order valence-electron chi connectivity index (χ3n) is 2.69. The van der Waals surface area contributed by atoms with Gasteiger partial charge in [-0.3, -0.25) is 15.8 Å². The van der Waals surface area contributed by atoms with Crippen molar-refractivity contribution in [3.05, 3.63) is 53.6 Å². The molecule has 0 aromatic carbocycles. The number of hydrogen-bond donors (Lipinski definition) is 2. The zero-order valence-electron chi connectivity index (χ0n) is 10.4. The molecule has 2 rings (SSSR count). The standard InChI is InChI=1S/C13H16N4O/c1-9-5-7-15-10(8-9)12(17-14)13-11(18-2)4-3-6-16-13/h3-8,12,17H,14H2,1-2H3. The maximum atomic E-state index is 5.62. The van der Waals surface area contributed by atoms with Crippen molar-refractivity contribution in [2.75, 3.05) is 7.11 Å². The van der Waals surface area contributed by atoms with Crippen LogP contribution in [-0.2, 0) is 0 Å². The van der Waals surface area contributed by atoms with E-state index in [0.29, 0.717) is 5.75 Å². The number of pyridine rings is 2. The maximum absolute atomic E-state index is 5.62. The van der Waals surface area contributed by atoms with E-state index >= 15 is 0 Å². The molecule has 0 bridgehead atoms. The van der Waals surface area contributed by atoms with Crippen LogP contribution in [-0.4, -0.2) is 17.1 Å². The molecule has 5 nitrogen and oxygen atoms in total. The fourth-order valence-corrected chi connectivity index (χ4v) is 1.81. The summed E-state index contributed by atoms with van der Waals surface area (Å²) in [4.78, 5) is 8.64. The minimum Gasteiger partial charge on any atom is -0.495 e. The van der Waals surface area contributed by atoms with Crippen LogP contribution in [0.2, 0.25) is 0 Å². The highest BCUT2D eigenvalue weighted by molar-refractivity contribution is 5.35. The molecule has 0 spiro atoms. The first-order chi connectivity index (χ1) is 8.76. The van der Waals surface area contributed by atoms with Crippen molar-refractivity contribution < 1.29 is 4.74 Å². The fourth-order valence-electron chi connectivity index (χ4n) is 1.81. The molecule has 18 heavy (non-hydrogen) atoms. The average Bonchev–Trinajstić information content (AvgIpc) is 2.40. The van der Waals surface area contributed by atoms with Crippen LogP contribution in [0.15, 0.2) is 36.7 Å². The molecule has 94 valence electrons. The number of nitrogens with two attached hydrogens (primary N) is 1. The number of ether oxygens (including phenoxy) is 1. The van der Waals surface area contributed by atoms with E-state index in [1.165, 1.54) is 0 Å². The Hall–Kier alpha value is -1.98. The number of rotatable bonds is 4. The molecule has 0 aliphatic rings. The van der Waals surface area contributed by atoms with E-state index in [4.69, 9.17) is 10.6 Å². The van der Waals surface area contributed by atoms with E-state index in [0.717, 1.165) is 17.0 Å². The topological polar surface area (TPSA) is 73.1 Å². The first-order valence-electron chi connectivity index (χ1n) is 5.64. The van der Waals surface area contributed by atoms with Crippen LogP contribution >= 0.6 is 0 Å². The zero-order chi connectivity index (χ0) is 13.0. The summed E-state index contributed by atoms with van der Waals surface area (Å²) in [6, 6.07) is 7.29. The van der Waals surface area contributed by atoms with E-state index in [-0.39, 0.29) is 6.04 Å². The van der Waals surface area contributed by atoms with Crippen LogP contribution in [0.25, 0.3) is 0 Å². The molecule has 0 aliphatic carbocycles. The van der Waals surface area contributed by atoms with Crippen molar-refractivity contribution >= 4 is 0 Å². The van der Waals surface area contributed by atoms with Gasteiger partial charge in [-0.05, 0) is 36.8 Å². The van der Waals surface area contributed by atoms with Gasteiger partial charge in [0.25, 0.3) is 0 Å². The SMILES string of the molecule is COc1cccnc1C(NN)c1cc(C)ccn1. The Balaban J connectivity index is 2.45. The molecule has 0 radical (unpaired) electrons. The molecule has 2 heterocycles. The van der Waals surface area contributed by atoms with E-state index in [2.05, 4.69) is 15.4 Å². The van der Waals surface area contributed by atoms with Crippen molar-refractivity contribution in [1.29, 1.82) is 0 Å². The Morgan fingerprint density at radius 1 is 1.28 bits per heavy atom. The summed E-state index contributed by atoms with van der Waals surface area (Å²) >= 11 is 0. The molecule has 0 saturated carbocycles. The molecule has 0 fully saturated rings. The number of aryl methyl sites for hydroxylation is 1. The number of nitrogens with one attached hydrogen (secondary N) is 1. The van der Waals surface area contributed by atoms with E-state index in [1.54, 1.807) is 19.5 Å². The van der Waals surface area contributed by atoms with Crippen LogP contribution in [0.5, 0.6) is 5.75 Å². The quantitative estimate of drug-likeness (QED) is 0.627. The number of methoxy groups -OCH3 is 1. The van der Waals surface area contributed by atoms with Crippen molar-refractivity contribution in [3.8, 4) is 5.75 Å². The van der Waals surface area contributed by atoms with Gasteiger partial charge in [-0.2, -0.15) is 0 Å². The van der Waals surface area contributed by atoms with Gasteiger partial charge in [0.05, 0.1) is 12.8 Å². The molecule has 1 unspecified atom stereocenters. The Morgan fingerprint density at radius 2 is 2.11 bits per heavy atom. The Morgan fingerprint density at radius 3 is 2.78 bits per heavy atom. The highest BCUT2D eigenvalue weighted by Crippen LogP contribution is 2.26. The van der Waals surface area contributed by atoms with E-state index < -0.39 is 0 Å². The molecular weight excluding hydrogens is 228 g/mol. The van der Waals surface area contributed by atoms with Crippen LogP contribution in [0.4, 0.5) is 0 Å². The zero-order valence-corrected chi connectivity index (χ0v) is 10.4. The molecule has 0 amide bonds. The van der Waals surface area contributed by atoms with Crippen LogP contribution in [0.1, 0.15) is 23.0 Å². The van der Waals surface area contributed by atoms with Gasteiger partial charge in [-0.15, -0.1) is 0 Å². The summed E-state index contributed by atoms with van der Waals surface area (Å²) in [5, 5.41) is 0. The van der Waals surface area contributed by atoms with Crippen LogP contribution < -0.4 is 16.0 Å². The summed E-state index contributed by atoms with van der Waals surface area (Å²) in [5.41, 5.74) is 5.39. The van der Waals surface area contributed by atoms with Gasteiger partial charge in [-0.1, -0.05) is 0 Å².